The van der Waals surface area contributed by atoms with Crippen LogP contribution >= 0.6 is 0 Å². The molecule has 0 spiro atoms. The lowest BCUT2D eigenvalue weighted by molar-refractivity contribution is 0.0476. The number of fused-ring (bicyclic) bond motifs is 1. The van der Waals surface area contributed by atoms with E-state index in [1.807, 2.05) is 34.6 Å². The van der Waals surface area contributed by atoms with Crippen LogP contribution in [0, 0.1) is 12.8 Å². The van der Waals surface area contributed by atoms with Gasteiger partial charge in [0.1, 0.15) is 0 Å². The number of carbonyl (C=O) groups is 2. The third kappa shape index (κ3) is 4.85. The highest BCUT2D eigenvalue weighted by molar-refractivity contribution is 6.04. The summed E-state index contributed by atoms with van der Waals surface area (Å²) in [5.41, 5.74) is 0.786. The standard InChI is InChI=1S/C24H27N3O5/c1-13(2)11-27-21-20(22(29)26-24(27)31)17(10-18(25-21)14(3)4)23(30)32-12-19(28)16-8-6-15(5)7-9-16/h6-10,13-14H,11-12H2,1-5H3,(H,26,29,31). The van der Waals surface area contributed by atoms with Crippen LogP contribution in [0.3, 0.4) is 0 Å². The van der Waals surface area contributed by atoms with Gasteiger partial charge in [0.15, 0.2) is 18.0 Å². The molecule has 0 aliphatic carbocycles. The molecule has 0 aliphatic heterocycles. The first-order chi connectivity index (χ1) is 15.1. The van der Waals surface area contributed by atoms with Gasteiger partial charge in [-0.05, 0) is 24.8 Å². The van der Waals surface area contributed by atoms with Crippen molar-refractivity contribution in [2.24, 2.45) is 5.92 Å². The fraction of sp³-hybridized carbons (Fsp3) is 0.375. The Morgan fingerprint density at radius 3 is 2.34 bits per heavy atom. The van der Waals surface area contributed by atoms with Crippen LogP contribution in [0.4, 0.5) is 0 Å². The van der Waals surface area contributed by atoms with Crippen LogP contribution in [0.1, 0.15) is 65.6 Å². The first-order valence-electron chi connectivity index (χ1n) is 10.5. The molecule has 1 aromatic carbocycles. The van der Waals surface area contributed by atoms with Gasteiger partial charge in [0.25, 0.3) is 5.56 Å². The quantitative estimate of drug-likeness (QED) is 0.449. The predicted molar refractivity (Wildman–Crippen MR) is 121 cm³/mol. The summed E-state index contributed by atoms with van der Waals surface area (Å²) in [6.07, 6.45) is 0. The highest BCUT2D eigenvalue weighted by Crippen LogP contribution is 2.21. The molecule has 8 heteroatoms. The first-order valence-corrected chi connectivity index (χ1v) is 10.5. The fourth-order valence-electron chi connectivity index (χ4n) is 3.32. The summed E-state index contributed by atoms with van der Waals surface area (Å²) in [5.74, 6) is -1.14. The van der Waals surface area contributed by atoms with E-state index in [4.69, 9.17) is 4.74 Å². The SMILES string of the molecule is Cc1ccc(C(=O)COC(=O)c2cc(C(C)C)nc3c2c(=O)[nH]c(=O)n3CC(C)C)cc1. The Labute approximate surface area is 185 Å². The molecule has 0 atom stereocenters. The number of pyridine rings is 1. The minimum absolute atomic E-state index is 0.0193. The van der Waals surface area contributed by atoms with Gasteiger partial charge in [0, 0.05) is 17.8 Å². The van der Waals surface area contributed by atoms with E-state index >= 15 is 0 Å². The Hall–Kier alpha value is -3.55. The number of carbonyl (C=O) groups excluding carboxylic acids is 2. The van der Waals surface area contributed by atoms with Crippen LogP contribution < -0.4 is 11.2 Å². The number of ketones is 1. The monoisotopic (exact) mass is 437 g/mol. The number of rotatable bonds is 7. The van der Waals surface area contributed by atoms with Crippen molar-refractivity contribution in [3.63, 3.8) is 0 Å². The summed E-state index contributed by atoms with van der Waals surface area (Å²) in [5, 5.41) is -0.0255. The average Bonchev–Trinajstić information content (AvgIpc) is 2.74. The second kappa shape index (κ2) is 9.30. The van der Waals surface area contributed by atoms with E-state index in [-0.39, 0.29) is 34.2 Å². The van der Waals surface area contributed by atoms with E-state index in [1.54, 1.807) is 24.3 Å². The molecular formula is C24H27N3O5. The molecule has 168 valence electrons. The minimum Gasteiger partial charge on any atom is -0.454 e. The zero-order valence-electron chi connectivity index (χ0n) is 18.9. The molecule has 3 aromatic rings. The maximum absolute atomic E-state index is 13.0. The molecular weight excluding hydrogens is 410 g/mol. The Morgan fingerprint density at radius 2 is 1.75 bits per heavy atom. The zero-order valence-corrected chi connectivity index (χ0v) is 18.9. The summed E-state index contributed by atoms with van der Waals surface area (Å²) < 4.78 is 6.63. The number of aromatic amines is 1. The maximum Gasteiger partial charge on any atom is 0.339 e. The second-order valence-electron chi connectivity index (χ2n) is 8.58. The van der Waals surface area contributed by atoms with E-state index in [1.165, 1.54) is 10.6 Å². The number of Topliss-reactive ketones (excluding diaryl/α,β-unsaturated/α-hetero) is 1. The third-order valence-electron chi connectivity index (χ3n) is 5.04. The van der Waals surface area contributed by atoms with Crippen molar-refractivity contribution < 1.29 is 14.3 Å². The van der Waals surface area contributed by atoms with Crippen molar-refractivity contribution in [1.82, 2.24) is 14.5 Å². The number of H-pyrrole nitrogens is 1. The van der Waals surface area contributed by atoms with Gasteiger partial charge in [0.2, 0.25) is 0 Å². The molecule has 0 saturated heterocycles. The molecule has 8 nitrogen and oxygen atoms in total. The Balaban J connectivity index is 2.05. The van der Waals surface area contributed by atoms with Crippen LogP contribution in [-0.2, 0) is 11.3 Å². The van der Waals surface area contributed by atoms with Crippen LogP contribution in [0.5, 0.6) is 0 Å². The average molecular weight is 437 g/mol. The highest BCUT2D eigenvalue weighted by Gasteiger charge is 2.22. The summed E-state index contributed by atoms with van der Waals surface area (Å²) in [7, 11) is 0. The number of hydrogen-bond acceptors (Lipinski definition) is 6. The van der Waals surface area contributed by atoms with E-state index in [0.29, 0.717) is 17.8 Å². The molecule has 2 aromatic heterocycles. The molecule has 0 bridgehead atoms. The van der Waals surface area contributed by atoms with Crippen molar-refractivity contribution >= 4 is 22.8 Å². The second-order valence-corrected chi connectivity index (χ2v) is 8.58. The molecule has 3 rings (SSSR count). The molecule has 32 heavy (non-hydrogen) atoms. The normalized spacial score (nSPS) is 11.3. The number of esters is 1. The van der Waals surface area contributed by atoms with Gasteiger partial charge in [-0.1, -0.05) is 57.5 Å². The van der Waals surface area contributed by atoms with Crippen LogP contribution in [0.25, 0.3) is 11.0 Å². The topological polar surface area (TPSA) is 111 Å². The third-order valence-corrected chi connectivity index (χ3v) is 5.04. The van der Waals surface area contributed by atoms with Crippen molar-refractivity contribution in [3.8, 4) is 0 Å². The van der Waals surface area contributed by atoms with E-state index in [2.05, 4.69) is 9.97 Å². The molecule has 0 aliphatic rings. The summed E-state index contributed by atoms with van der Waals surface area (Å²) >= 11 is 0. The molecule has 0 unspecified atom stereocenters. The van der Waals surface area contributed by atoms with Crippen LogP contribution in [-0.4, -0.2) is 32.9 Å². The van der Waals surface area contributed by atoms with E-state index in [9.17, 15) is 19.2 Å². The number of ether oxygens (including phenoxy) is 1. The summed E-state index contributed by atoms with van der Waals surface area (Å²) in [6, 6.07) is 8.42. The Morgan fingerprint density at radius 1 is 1.09 bits per heavy atom. The number of benzene rings is 1. The minimum atomic E-state index is -0.819. The van der Waals surface area contributed by atoms with E-state index < -0.39 is 23.8 Å². The number of nitrogens with one attached hydrogen (secondary N) is 1. The van der Waals surface area contributed by atoms with E-state index in [0.717, 1.165) is 5.56 Å². The van der Waals surface area contributed by atoms with Crippen LogP contribution in [0.2, 0.25) is 0 Å². The van der Waals surface area contributed by atoms with Crippen molar-refractivity contribution in [2.75, 3.05) is 6.61 Å². The number of hydrogen-bond donors (Lipinski definition) is 1. The van der Waals surface area contributed by atoms with Crippen molar-refractivity contribution in [1.29, 1.82) is 0 Å². The lowest BCUT2D eigenvalue weighted by atomic mass is 10.0. The van der Waals surface area contributed by atoms with Gasteiger partial charge in [-0.15, -0.1) is 0 Å². The van der Waals surface area contributed by atoms with Gasteiger partial charge in [0.05, 0.1) is 10.9 Å². The molecule has 0 amide bonds. The largest absolute Gasteiger partial charge is 0.454 e. The smallest absolute Gasteiger partial charge is 0.339 e. The van der Waals surface area contributed by atoms with Crippen LogP contribution in [0.15, 0.2) is 39.9 Å². The number of aryl methyl sites for hydroxylation is 1. The summed E-state index contributed by atoms with van der Waals surface area (Å²) in [4.78, 5) is 57.2. The lowest BCUT2D eigenvalue weighted by Gasteiger charge is -2.15. The molecule has 0 saturated carbocycles. The zero-order chi connectivity index (χ0) is 23.6. The number of aromatic nitrogens is 3. The highest BCUT2D eigenvalue weighted by atomic mass is 16.5. The molecule has 0 fully saturated rings. The van der Waals surface area contributed by atoms with Gasteiger partial charge in [-0.3, -0.25) is 19.1 Å². The molecule has 1 N–H and O–H groups in total. The van der Waals surface area contributed by atoms with Crippen molar-refractivity contribution in [3.05, 3.63) is 73.6 Å². The fourth-order valence-corrected chi connectivity index (χ4v) is 3.32. The Kier molecular flexibility index (Phi) is 6.72. The molecule has 0 radical (unpaired) electrons. The predicted octanol–water partition coefficient (Wildman–Crippen LogP) is 3.21. The molecule has 2 heterocycles. The Bertz CT molecular complexity index is 1280. The maximum atomic E-state index is 13.0. The van der Waals surface area contributed by atoms with Gasteiger partial charge < -0.3 is 4.74 Å². The first kappa shape index (κ1) is 23.1. The van der Waals surface area contributed by atoms with Gasteiger partial charge >= 0.3 is 11.7 Å². The lowest BCUT2D eigenvalue weighted by Crippen LogP contribution is -2.33. The summed E-state index contributed by atoms with van der Waals surface area (Å²) in [6.45, 7) is 9.41. The van der Waals surface area contributed by atoms with Crippen molar-refractivity contribution in [2.45, 2.75) is 47.1 Å². The van der Waals surface area contributed by atoms with Gasteiger partial charge in [-0.25, -0.2) is 14.6 Å². The van der Waals surface area contributed by atoms with Gasteiger partial charge in [-0.2, -0.15) is 0 Å². The number of nitrogens with zero attached hydrogens (tertiary/aromatic N) is 2.